The van der Waals surface area contributed by atoms with Crippen molar-refractivity contribution in [3.63, 3.8) is 0 Å². The van der Waals surface area contributed by atoms with Gasteiger partial charge in [-0.05, 0) is 59.7 Å². The maximum atomic E-state index is 13.6. The first-order valence-electron chi connectivity index (χ1n) is 10.4. The summed E-state index contributed by atoms with van der Waals surface area (Å²) in [7, 11) is -4.30. The Balaban J connectivity index is 1.65. The summed E-state index contributed by atoms with van der Waals surface area (Å²) in [5.74, 6) is -0.469. The normalized spacial score (nSPS) is 18.3. The zero-order chi connectivity index (χ0) is 27.2. The van der Waals surface area contributed by atoms with Crippen LogP contribution in [0.25, 0.3) is 0 Å². The lowest BCUT2D eigenvalue weighted by Gasteiger charge is -2.27. The topological polar surface area (TPSA) is 67.4 Å². The Hall–Kier alpha value is -0.860. The molecule has 5 nitrogen and oxygen atoms in total. The van der Waals surface area contributed by atoms with E-state index < -0.39 is 33.1 Å². The Labute approximate surface area is 243 Å². The molecule has 200 valence electrons. The molecule has 2 heterocycles. The average Bonchev–Trinajstić information content (AvgIpc) is 3.28. The van der Waals surface area contributed by atoms with Crippen LogP contribution < -0.4 is 14.8 Å². The molecular weight excluding hydrogens is 680 g/mol. The quantitative estimate of drug-likeness (QED) is 0.259. The summed E-state index contributed by atoms with van der Waals surface area (Å²) in [5, 5.41) is 3.87. The van der Waals surface area contributed by atoms with E-state index in [1.807, 2.05) is 0 Å². The SMILES string of the molecule is C[C@@]1(Oc2cc(NS(=O)(=O)c3c(Cl)sc(Sc4cc(Cl)cc(Cl)c4)c3Br)ccc2C(F)(F)F)CCNC1. The molecule has 1 aliphatic rings. The molecule has 1 atom stereocenters. The van der Waals surface area contributed by atoms with E-state index in [1.54, 1.807) is 25.1 Å². The van der Waals surface area contributed by atoms with Crippen LogP contribution in [0.3, 0.4) is 0 Å². The lowest BCUT2D eigenvalue weighted by molar-refractivity contribution is -0.139. The van der Waals surface area contributed by atoms with E-state index in [4.69, 9.17) is 39.5 Å². The van der Waals surface area contributed by atoms with Crippen molar-refractivity contribution in [1.29, 1.82) is 0 Å². The third-order valence-corrected chi connectivity index (χ3v) is 11.5. The highest BCUT2D eigenvalue weighted by atomic mass is 79.9. The predicted octanol–water partition coefficient (Wildman–Crippen LogP) is 8.57. The van der Waals surface area contributed by atoms with Crippen LogP contribution in [-0.4, -0.2) is 27.1 Å². The lowest BCUT2D eigenvalue weighted by atomic mass is 10.1. The van der Waals surface area contributed by atoms with Crippen molar-refractivity contribution in [2.45, 2.75) is 39.1 Å². The van der Waals surface area contributed by atoms with Gasteiger partial charge in [0.1, 0.15) is 20.6 Å². The van der Waals surface area contributed by atoms with E-state index in [1.165, 1.54) is 11.8 Å². The van der Waals surface area contributed by atoms with Crippen molar-refractivity contribution in [3.8, 4) is 5.75 Å². The summed E-state index contributed by atoms with van der Waals surface area (Å²) in [5.41, 5.74) is -1.98. The van der Waals surface area contributed by atoms with E-state index in [9.17, 15) is 21.6 Å². The third kappa shape index (κ3) is 6.84. The van der Waals surface area contributed by atoms with Crippen LogP contribution in [0.15, 0.2) is 54.9 Å². The number of ether oxygens (including phenoxy) is 1. The van der Waals surface area contributed by atoms with Crippen molar-refractivity contribution in [1.82, 2.24) is 5.32 Å². The summed E-state index contributed by atoms with van der Waals surface area (Å²) < 4.78 is 76.2. The highest BCUT2D eigenvalue weighted by molar-refractivity contribution is 9.10. The van der Waals surface area contributed by atoms with Gasteiger partial charge in [0.05, 0.1) is 19.9 Å². The molecular formula is C22H17BrCl3F3N2O3S3. The molecule has 0 radical (unpaired) electrons. The minimum atomic E-state index is -4.69. The summed E-state index contributed by atoms with van der Waals surface area (Å²) in [6.07, 6.45) is -4.19. The van der Waals surface area contributed by atoms with Crippen LogP contribution in [0, 0.1) is 0 Å². The Kier molecular flexibility index (Phi) is 8.63. The molecule has 1 aromatic heterocycles. The highest BCUT2D eigenvalue weighted by Crippen LogP contribution is 2.48. The first-order chi connectivity index (χ1) is 17.2. The van der Waals surface area contributed by atoms with E-state index in [0.29, 0.717) is 38.7 Å². The Bertz CT molecular complexity index is 1430. The summed E-state index contributed by atoms with van der Waals surface area (Å²) in [6.45, 7) is 2.64. The van der Waals surface area contributed by atoms with Crippen LogP contribution in [0.1, 0.15) is 18.9 Å². The maximum Gasteiger partial charge on any atom is 0.419 e. The number of halogens is 7. The first-order valence-corrected chi connectivity index (χ1v) is 15.5. The van der Waals surface area contributed by atoms with E-state index in [0.717, 1.165) is 29.5 Å². The van der Waals surface area contributed by atoms with Gasteiger partial charge in [0.25, 0.3) is 10.0 Å². The van der Waals surface area contributed by atoms with Gasteiger partial charge in [0, 0.05) is 34.0 Å². The minimum absolute atomic E-state index is 0.0390. The molecule has 15 heteroatoms. The fourth-order valence-electron chi connectivity index (χ4n) is 3.59. The van der Waals surface area contributed by atoms with E-state index in [-0.39, 0.29) is 19.4 Å². The van der Waals surface area contributed by atoms with Gasteiger partial charge in [-0.3, -0.25) is 4.72 Å². The van der Waals surface area contributed by atoms with Gasteiger partial charge in [0.15, 0.2) is 0 Å². The van der Waals surface area contributed by atoms with Crippen LogP contribution in [0.4, 0.5) is 18.9 Å². The molecule has 1 fully saturated rings. The van der Waals surface area contributed by atoms with Gasteiger partial charge in [-0.15, -0.1) is 11.3 Å². The molecule has 1 aliphatic heterocycles. The summed E-state index contributed by atoms with van der Waals surface area (Å²) in [6, 6.07) is 7.73. The number of anilines is 1. The first kappa shape index (κ1) is 29.1. The number of alkyl halides is 3. The Morgan fingerprint density at radius 2 is 1.84 bits per heavy atom. The summed E-state index contributed by atoms with van der Waals surface area (Å²) >= 11 is 23.9. The van der Waals surface area contributed by atoms with Crippen LogP contribution >= 0.6 is 73.8 Å². The van der Waals surface area contributed by atoms with Crippen LogP contribution in [0.2, 0.25) is 14.4 Å². The number of nitrogens with one attached hydrogen (secondary N) is 2. The third-order valence-electron chi connectivity index (χ3n) is 5.28. The van der Waals surface area contributed by atoms with Crippen molar-refractivity contribution >= 4 is 89.5 Å². The molecule has 0 saturated carbocycles. The van der Waals surface area contributed by atoms with Crippen molar-refractivity contribution in [3.05, 3.63) is 60.8 Å². The van der Waals surface area contributed by atoms with Gasteiger partial charge in [0.2, 0.25) is 0 Å². The van der Waals surface area contributed by atoms with E-state index in [2.05, 4.69) is 26.0 Å². The second-order valence-electron chi connectivity index (χ2n) is 8.31. The standard InChI is InChI=1S/C22H17BrCl3F3N2O3S3/c1-21(4-5-30-10-21)34-16-9-13(2-3-15(16)22(27,28)29)31-37(32,33)18-17(23)20(36-19(18)26)35-14-7-11(24)6-12(25)8-14/h2-3,6-9,30-31H,4-5,10H2,1H3/t21-/m1/s1. The predicted molar refractivity (Wildman–Crippen MR) is 146 cm³/mol. The van der Waals surface area contributed by atoms with Crippen LogP contribution in [0.5, 0.6) is 5.75 Å². The maximum absolute atomic E-state index is 13.6. The minimum Gasteiger partial charge on any atom is -0.485 e. The molecule has 2 aromatic carbocycles. The number of hydrogen-bond donors (Lipinski definition) is 2. The molecule has 0 amide bonds. The molecule has 4 rings (SSSR count). The molecule has 2 N–H and O–H groups in total. The van der Waals surface area contributed by atoms with E-state index >= 15 is 0 Å². The molecule has 1 saturated heterocycles. The monoisotopic (exact) mass is 694 g/mol. The Morgan fingerprint density at radius 3 is 2.43 bits per heavy atom. The molecule has 0 bridgehead atoms. The lowest BCUT2D eigenvalue weighted by Crippen LogP contribution is -2.35. The molecule has 0 aliphatic carbocycles. The number of hydrogen-bond acceptors (Lipinski definition) is 6. The average molecular weight is 697 g/mol. The van der Waals surface area contributed by atoms with Gasteiger partial charge in [-0.25, -0.2) is 8.42 Å². The van der Waals surface area contributed by atoms with Crippen molar-refractivity contribution in [2.75, 3.05) is 17.8 Å². The second kappa shape index (κ2) is 11.0. The smallest absolute Gasteiger partial charge is 0.419 e. The molecule has 0 unspecified atom stereocenters. The molecule has 0 spiro atoms. The zero-order valence-electron chi connectivity index (χ0n) is 18.7. The Morgan fingerprint density at radius 1 is 1.16 bits per heavy atom. The van der Waals surface area contributed by atoms with Gasteiger partial charge >= 0.3 is 6.18 Å². The number of thiophene rings is 1. The van der Waals surface area contributed by atoms with Gasteiger partial charge in [-0.1, -0.05) is 46.6 Å². The van der Waals surface area contributed by atoms with Crippen LogP contribution in [-0.2, 0) is 16.2 Å². The largest absolute Gasteiger partial charge is 0.485 e. The zero-order valence-corrected chi connectivity index (χ0v) is 25.0. The summed E-state index contributed by atoms with van der Waals surface area (Å²) in [4.78, 5) is 0.413. The van der Waals surface area contributed by atoms with Gasteiger partial charge in [-0.2, -0.15) is 13.2 Å². The fraction of sp³-hybridized carbons (Fsp3) is 0.273. The molecule has 37 heavy (non-hydrogen) atoms. The van der Waals surface area contributed by atoms with Crippen molar-refractivity contribution in [2.24, 2.45) is 0 Å². The number of sulfonamides is 1. The molecule has 3 aromatic rings. The second-order valence-corrected chi connectivity index (χ2v) is 14.6. The number of benzene rings is 2. The fourth-order valence-corrected chi connectivity index (χ4v) is 10.3. The highest BCUT2D eigenvalue weighted by Gasteiger charge is 2.38. The van der Waals surface area contributed by atoms with Gasteiger partial charge < -0.3 is 10.1 Å². The van der Waals surface area contributed by atoms with Crippen molar-refractivity contribution < 1.29 is 26.3 Å². The number of rotatable bonds is 7.